The van der Waals surface area contributed by atoms with E-state index in [0.29, 0.717) is 17.8 Å². The van der Waals surface area contributed by atoms with Crippen LogP contribution in [0, 0.1) is 0 Å². The van der Waals surface area contributed by atoms with Crippen LogP contribution >= 0.6 is 0 Å². The zero-order chi connectivity index (χ0) is 18.9. The van der Waals surface area contributed by atoms with Crippen molar-refractivity contribution >= 4 is 11.6 Å². The maximum absolute atomic E-state index is 12.8. The highest BCUT2D eigenvalue weighted by Crippen LogP contribution is 2.31. The Kier molecular flexibility index (Phi) is 3.97. The van der Waals surface area contributed by atoms with Gasteiger partial charge < -0.3 is 10.1 Å². The molecule has 1 atom stereocenters. The molecule has 5 rings (SSSR count). The maximum Gasteiger partial charge on any atom is 0.254 e. The lowest BCUT2D eigenvalue weighted by Gasteiger charge is -2.26. The summed E-state index contributed by atoms with van der Waals surface area (Å²) in [4.78, 5) is 21.3. The van der Waals surface area contributed by atoms with E-state index in [1.54, 1.807) is 29.3 Å². The van der Waals surface area contributed by atoms with Crippen LogP contribution in [0.25, 0.3) is 16.9 Å². The van der Waals surface area contributed by atoms with Gasteiger partial charge in [-0.05, 0) is 18.2 Å². The van der Waals surface area contributed by atoms with Crippen LogP contribution in [0.4, 0.5) is 0 Å². The van der Waals surface area contributed by atoms with Gasteiger partial charge >= 0.3 is 0 Å². The Morgan fingerprint density at radius 3 is 3.00 bits per heavy atom. The van der Waals surface area contributed by atoms with Crippen molar-refractivity contribution in [3.63, 3.8) is 0 Å². The SMILES string of the molecule is O=C(N[C@H]1CCOc2ccccc21)c1cnc2cc(-c3cccnc3)nn2c1. The Balaban J connectivity index is 1.41. The monoisotopic (exact) mass is 371 g/mol. The number of para-hydroxylation sites is 1. The molecule has 1 aliphatic rings. The summed E-state index contributed by atoms with van der Waals surface area (Å²) in [5.41, 5.74) is 3.78. The van der Waals surface area contributed by atoms with Crippen molar-refractivity contribution in [1.82, 2.24) is 24.9 Å². The number of carbonyl (C=O) groups is 1. The first-order chi connectivity index (χ1) is 13.8. The van der Waals surface area contributed by atoms with Gasteiger partial charge in [0, 0.05) is 48.4 Å². The molecule has 0 bridgehead atoms. The van der Waals surface area contributed by atoms with Gasteiger partial charge in [-0.15, -0.1) is 0 Å². The quantitative estimate of drug-likeness (QED) is 0.599. The van der Waals surface area contributed by atoms with E-state index in [-0.39, 0.29) is 11.9 Å². The summed E-state index contributed by atoms with van der Waals surface area (Å²) in [7, 11) is 0. The molecule has 0 saturated heterocycles. The zero-order valence-corrected chi connectivity index (χ0v) is 14.9. The van der Waals surface area contributed by atoms with Crippen molar-refractivity contribution in [3.05, 3.63) is 78.4 Å². The standard InChI is InChI=1S/C21H17N5O2/c27-21(24-17-7-9-28-19-6-2-1-5-16(17)19)15-12-23-20-10-18(25-26(20)13-15)14-4-3-8-22-11-14/h1-6,8,10-13,17H,7,9H2,(H,24,27)/t17-/m0/s1. The maximum atomic E-state index is 12.8. The van der Waals surface area contributed by atoms with E-state index in [1.165, 1.54) is 0 Å². The summed E-state index contributed by atoms with van der Waals surface area (Å²) in [6.07, 6.45) is 7.46. The minimum absolute atomic E-state index is 0.0864. The lowest BCUT2D eigenvalue weighted by atomic mass is 10.0. The molecule has 1 N–H and O–H groups in total. The van der Waals surface area contributed by atoms with Crippen molar-refractivity contribution in [1.29, 1.82) is 0 Å². The Morgan fingerprint density at radius 2 is 2.11 bits per heavy atom. The van der Waals surface area contributed by atoms with Crippen LogP contribution in [0.2, 0.25) is 0 Å². The number of hydrogen-bond acceptors (Lipinski definition) is 5. The largest absolute Gasteiger partial charge is 0.493 e. The normalized spacial score (nSPS) is 15.6. The molecule has 0 fully saturated rings. The van der Waals surface area contributed by atoms with Crippen LogP contribution in [0.1, 0.15) is 28.4 Å². The van der Waals surface area contributed by atoms with Crippen LogP contribution in [-0.2, 0) is 0 Å². The minimum Gasteiger partial charge on any atom is -0.493 e. The van der Waals surface area contributed by atoms with E-state index in [0.717, 1.165) is 29.0 Å². The van der Waals surface area contributed by atoms with Crippen LogP contribution in [0.5, 0.6) is 5.75 Å². The first-order valence-electron chi connectivity index (χ1n) is 9.06. The average Bonchev–Trinajstić information content (AvgIpc) is 3.18. The molecular formula is C21H17N5O2. The van der Waals surface area contributed by atoms with Gasteiger partial charge in [0.1, 0.15) is 5.75 Å². The second-order valence-electron chi connectivity index (χ2n) is 6.62. The van der Waals surface area contributed by atoms with Gasteiger partial charge in [-0.2, -0.15) is 5.10 Å². The second kappa shape index (κ2) is 6.77. The fourth-order valence-corrected chi connectivity index (χ4v) is 3.38. The van der Waals surface area contributed by atoms with Gasteiger partial charge in [0.15, 0.2) is 5.65 Å². The van der Waals surface area contributed by atoms with Gasteiger partial charge in [-0.25, -0.2) is 9.50 Å². The Morgan fingerprint density at radius 1 is 1.18 bits per heavy atom. The number of hydrogen-bond donors (Lipinski definition) is 1. The molecule has 28 heavy (non-hydrogen) atoms. The first kappa shape index (κ1) is 16.4. The molecular weight excluding hydrogens is 354 g/mol. The molecule has 138 valence electrons. The van der Waals surface area contributed by atoms with Gasteiger partial charge in [0.25, 0.3) is 5.91 Å². The second-order valence-corrected chi connectivity index (χ2v) is 6.62. The van der Waals surface area contributed by atoms with Crippen molar-refractivity contribution in [2.24, 2.45) is 0 Å². The number of nitrogens with one attached hydrogen (secondary N) is 1. The fourth-order valence-electron chi connectivity index (χ4n) is 3.38. The van der Waals surface area contributed by atoms with Crippen molar-refractivity contribution in [2.45, 2.75) is 12.5 Å². The zero-order valence-electron chi connectivity index (χ0n) is 14.9. The number of aromatic nitrogens is 4. The van der Waals surface area contributed by atoms with Gasteiger partial charge in [-0.1, -0.05) is 18.2 Å². The number of benzene rings is 1. The highest BCUT2D eigenvalue weighted by molar-refractivity contribution is 5.94. The molecule has 7 nitrogen and oxygen atoms in total. The number of nitrogens with zero attached hydrogens (tertiary/aromatic N) is 4. The van der Waals surface area contributed by atoms with Crippen molar-refractivity contribution in [2.75, 3.05) is 6.61 Å². The number of amides is 1. The van der Waals surface area contributed by atoms with E-state index in [2.05, 4.69) is 20.4 Å². The lowest BCUT2D eigenvalue weighted by Crippen LogP contribution is -2.32. The van der Waals surface area contributed by atoms with Gasteiger partial charge in [-0.3, -0.25) is 9.78 Å². The van der Waals surface area contributed by atoms with Gasteiger partial charge in [0.05, 0.1) is 23.9 Å². The first-order valence-corrected chi connectivity index (χ1v) is 9.06. The molecule has 3 aromatic heterocycles. The van der Waals surface area contributed by atoms with Crippen LogP contribution in [0.3, 0.4) is 0 Å². The summed E-state index contributed by atoms with van der Waals surface area (Å²) in [5, 5.41) is 7.61. The van der Waals surface area contributed by atoms with Crippen LogP contribution in [-0.4, -0.2) is 32.1 Å². The number of carbonyl (C=O) groups excluding carboxylic acids is 1. The molecule has 1 aromatic carbocycles. The highest BCUT2D eigenvalue weighted by atomic mass is 16.5. The third-order valence-electron chi connectivity index (χ3n) is 4.80. The summed E-state index contributed by atoms with van der Waals surface area (Å²) < 4.78 is 7.28. The number of fused-ring (bicyclic) bond motifs is 2. The van der Waals surface area contributed by atoms with E-state index < -0.39 is 0 Å². The smallest absolute Gasteiger partial charge is 0.254 e. The molecule has 0 radical (unpaired) electrons. The Bertz CT molecular complexity index is 1160. The molecule has 1 aliphatic heterocycles. The minimum atomic E-state index is -0.186. The van der Waals surface area contributed by atoms with E-state index in [1.807, 2.05) is 42.5 Å². The number of pyridine rings is 1. The number of rotatable bonds is 3. The third-order valence-corrected chi connectivity index (χ3v) is 4.80. The summed E-state index contributed by atoms with van der Waals surface area (Å²) in [6.45, 7) is 0.576. The van der Waals surface area contributed by atoms with E-state index >= 15 is 0 Å². The van der Waals surface area contributed by atoms with Gasteiger partial charge in [0.2, 0.25) is 0 Å². The lowest BCUT2D eigenvalue weighted by molar-refractivity contribution is 0.0924. The van der Waals surface area contributed by atoms with E-state index in [4.69, 9.17) is 4.74 Å². The van der Waals surface area contributed by atoms with Crippen molar-refractivity contribution in [3.8, 4) is 17.0 Å². The molecule has 7 heteroatoms. The predicted octanol–water partition coefficient (Wildman–Crippen LogP) is 3.04. The summed E-state index contributed by atoms with van der Waals surface area (Å²) in [5.74, 6) is 0.635. The number of ether oxygens (including phenoxy) is 1. The van der Waals surface area contributed by atoms with Crippen LogP contribution < -0.4 is 10.1 Å². The van der Waals surface area contributed by atoms with E-state index in [9.17, 15) is 4.79 Å². The fraction of sp³-hybridized carbons (Fsp3) is 0.143. The molecule has 0 aliphatic carbocycles. The topological polar surface area (TPSA) is 81.4 Å². The molecule has 0 unspecified atom stereocenters. The van der Waals surface area contributed by atoms with Crippen LogP contribution in [0.15, 0.2) is 67.3 Å². The highest BCUT2D eigenvalue weighted by Gasteiger charge is 2.23. The average molecular weight is 371 g/mol. The molecule has 4 heterocycles. The molecule has 1 amide bonds. The molecule has 4 aromatic rings. The van der Waals surface area contributed by atoms with Crippen molar-refractivity contribution < 1.29 is 9.53 Å². The summed E-state index contributed by atoms with van der Waals surface area (Å²) >= 11 is 0. The third kappa shape index (κ3) is 2.96. The Labute approximate surface area is 161 Å². The molecule has 0 saturated carbocycles. The molecule has 0 spiro atoms. The Hall–Kier alpha value is -3.74. The predicted molar refractivity (Wildman–Crippen MR) is 103 cm³/mol. The summed E-state index contributed by atoms with van der Waals surface area (Å²) in [6, 6.07) is 13.4.